The van der Waals surface area contributed by atoms with Gasteiger partial charge >= 0.3 is 12.1 Å². The standard InChI is InChI=1S/C35H50N4O8/c1-21(2)17-27(31(42)37-26(18-24-13-10-14-28(24)40)19-25-15-16-36-30(25)41)38-32(43)29(22(3)47-33(44)35(4,5)6)39-34(45)46-20-23-11-8-7-9-12-23/h7-9,11-12,18,21-22,25-27,29H,10,13-17,19-20H2,1-6H3,(H,36,41)(H,37,42)(H,38,43)(H,39,45)/b24-18+/t22?,25-,26+,27-,29-/m0/s1. The van der Waals surface area contributed by atoms with Crippen LogP contribution in [0.1, 0.15) is 85.6 Å². The van der Waals surface area contributed by atoms with Gasteiger partial charge in [0.05, 0.1) is 5.41 Å². The van der Waals surface area contributed by atoms with Crippen molar-refractivity contribution in [2.45, 2.75) is 111 Å². The van der Waals surface area contributed by atoms with E-state index in [9.17, 15) is 28.8 Å². The number of allylic oxidation sites excluding steroid dienone is 1. The van der Waals surface area contributed by atoms with Gasteiger partial charge in [-0.2, -0.15) is 0 Å². The van der Waals surface area contributed by atoms with Crippen LogP contribution in [0.4, 0.5) is 4.79 Å². The fourth-order valence-electron chi connectivity index (χ4n) is 5.45. The Morgan fingerprint density at radius 1 is 0.979 bits per heavy atom. The van der Waals surface area contributed by atoms with E-state index in [0.717, 1.165) is 12.0 Å². The molecular weight excluding hydrogens is 604 g/mol. The largest absolute Gasteiger partial charge is 0.460 e. The number of rotatable bonds is 14. The molecule has 1 aromatic carbocycles. The summed E-state index contributed by atoms with van der Waals surface area (Å²) in [5.74, 6) is -2.22. The molecule has 258 valence electrons. The Bertz CT molecular complexity index is 1320. The summed E-state index contributed by atoms with van der Waals surface area (Å²) >= 11 is 0. The van der Waals surface area contributed by atoms with Gasteiger partial charge in [-0.25, -0.2) is 4.79 Å². The van der Waals surface area contributed by atoms with Gasteiger partial charge < -0.3 is 30.7 Å². The van der Waals surface area contributed by atoms with Crippen LogP contribution in [0.3, 0.4) is 0 Å². The van der Waals surface area contributed by atoms with Crippen molar-refractivity contribution in [2.24, 2.45) is 17.3 Å². The zero-order chi connectivity index (χ0) is 34.7. The van der Waals surface area contributed by atoms with Crippen LogP contribution in [-0.4, -0.2) is 66.3 Å². The Morgan fingerprint density at radius 3 is 2.26 bits per heavy atom. The van der Waals surface area contributed by atoms with Gasteiger partial charge in [-0.3, -0.25) is 24.0 Å². The van der Waals surface area contributed by atoms with Gasteiger partial charge in [-0.1, -0.05) is 50.3 Å². The smallest absolute Gasteiger partial charge is 0.408 e. The predicted octanol–water partition coefficient (Wildman–Crippen LogP) is 3.48. The maximum atomic E-state index is 13.8. The zero-order valence-corrected chi connectivity index (χ0v) is 28.4. The first kappa shape index (κ1) is 37.2. The van der Waals surface area contributed by atoms with Crippen LogP contribution in [0.15, 0.2) is 42.0 Å². The first-order valence-electron chi connectivity index (χ1n) is 16.4. The fraction of sp³-hybridized carbons (Fsp3) is 0.600. The minimum atomic E-state index is -1.39. The molecule has 2 aliphatic rings. The summed E-state index contributed by atoms with van der Waals surface area (Å²) in [5.41, 5.74) is 0.498. The molecule has 0 spiro atoms. The second kappa shape index (κ2) is 17.1. The lowest BCUT2D eigenvalue weighted by Crippen LogP contribution is -2.58. The van der Waals surface area contributed by atoms with Crippen molar-refractivity contribution in [1.29, 1.82) is 0 Å². The van der Waals surface area contributed by atoms with Crippen molar-refractivity contribution >= 4 is 35.6 Å². The molecule has 0 bridgehead atoms. The minimum absolute atomic E-state index is 0.0155. The van der Waals surface area contributed by atoms with Crippen LogP contribution in [0.5, 0.6) is 0 Å². The number of hydrogen-bond acceptors (Lipinski definition) is 8. The van der Waals surface area contributed by atoms with Crippen molar-refractivity contribution in [3.05, 3.63) is 47.5 Å². The number of benzene rings is 1. The molecule has 0 radical (unpaired) electrons. The average Bonchev–Trinajstić information content (AvgIpc) is 3.60. The van der Waals surface area contributed by atoms with E-state index >= 15 is 0 Å². The van der Waals surface area contributed by atoms with Crippen LogP contribution in [0.2, 0.25) is 0 Å². The second-order valence-corrected chi connectivity index (χ2v) is 13.8. The summed E-state index contributed by atoms with van der Waals surface area (Å²) in [7, 11) is 0. The molecule has 3 rings (SSSR count). The topological polar surface area (TPSA) is 169 Å². The van der Waals surface area contributed by atoms with Crippen molar-refractivity contribution in [3.8, 4) is 0 Å². The Hall–Kier alpha value is -4.22. The molecule has 1 unspecified atom stereocenters. The number of hydrogen-bond donors (Lipinski definition) is 4. The molecule has 5 atom stereocenters. The van der Waals surface area contributed by atoms with Crippen LogP contribution in [-0.2, 0) is 40.1 Å². The van der Waals surface area contributed by atoms with E-state index in [1.165, 1.54) is 6.92 Å². The molecule has 1 saturated carbocycles. The van der Waals surface area contributed by atoms with Gasteiger partial charge in [-0.05, 0) is 76.9 Å². The molecule has 1 heterocycles. The summed E-state index contributed by atoms with van der Waals surface area (Å²) in [6, 6.07) is 5.98. The molecule has 1 aromatic rings. The molecular formula is C35H50N4O8. The highest BCUT2D eigenvalue weighted by molar-refractivity contribution is 5.97. The molecule has 12 heteroatoms. The maximum Gasteiger partial charge on any atom is 0.408 e. The summed E-state index contributed by atoms with van der Waals surface area (Å²) in [6.07, 6.45) is 2.71. The third-order valence-corrected chi connectivity index (χ3v) is 8.12. The number of ether oxygens (including phenoxy) is 2. The monoisotopic (exact) mass is 654 g/mol. The highest BCUT2D eigenvalue weighted by Gasteiger charge is 2.36. The van der Waals surface area contributed by atoms with Crippen LogP contribution in [0.25, 0.3) is 0 Å². The Balaban J connectivity index is 1.80. The van der Waals surface area contributed by atoms with Gasteiger partial charge in [0.2, 0.25) is 17.7 Å². The van der Waals surface area contributed by atoms with Crippen molar-refractivity contribution < 1.29 is 38.2 Å². The van der Waals surface area contributed by atoms with Gasteiger partial charge in [-0.15, -0.1) is 0 Å². The van der Waals surface area contributed by atoms with Crippen LogP contribution < -0.4 is 21.3 Å². The van der Waals surface area contributed by atoms with Crippen molar-refractivity contribution in [1.82, 2.24) is 21.3 Å². The summed E-state index contributed by atoms with van der Waals surface area (Å²) in [5, 5.41) is 11.0. The lowest BCUT2D eigenvalue weighted by Gasteiger charge is -2.29. The molecule has 4 N–H and O–H groups in total. The van der Waals surface area contributed by atoms with Crippen molar-refractivity contribution in [2.75, 3.05) is 6.54 Å². The third-order valence-electron chi connectivity index (χ3n) is 8.12. The van der Waals surface area contributed by atoms with E-state index < -0.39 is 53.5 Å². The molecule has 47 heavy (non-hydrogen) atoms. The minimum Gasteiger partial charge on any atom is -0.460 e. The number of esters is 1. The molecule has 12 nitrogen and oxygen atoms in total. The molecule has 2 fully saturated rings. The number of carbonyl (C=O) groups excluding carboxylic acids is 6. The van der Waals surface area contributed by atoms with Crippen molar-refractivity contribution in [3.63, 3.8) is 0 Å². The number of carbonyl (C=O) groups is 6. The quantitative estimate of drug-likeness (QED) is 0.175. The van der Waals surface area contributed by atoms with Gasteiger partial charge in [0.15, 0.2) is 5.78 Å². The maximum absolute atomic E-state index is 13.8. The summed E-state index contributed by atoms with van der Waals surface area (Å²) in [6.45, 7) is 10.8. The lowest BCUT2D eigenvalue weighted by molar-refractivity contribution is -0.160. The summed E-state index contributed by atoms with van der Waals surface area (Å²) < 4.78 is 10.9. The molecule has 0 aromatic heterocycles. The lowest BCUT2D eigenvalue weighted by atomic mass is 9.95. The molecule has 1 aliphatic carbocycles. The normalized spacial score (nSPS) is 19.8. The highest BCUT2D eigenvalue weighted by Crippen LogP contribution is 2.24. The van der Waals surface area contributed by atoms with E-state index in [1.807, 2.05) is 19.9 Å². The Labute approximate surface area is 277 Å². The van der Waals surface area contributed by atoms with E-state index in [0.29, 0.717) is 37.8 Å². The van der Waals surface area contributed by atoms with E-state index in [-0.39, 0.29) is 36.6 Å². The SMILES string of the molecule is CC(C)C[C@H](NC(=O)[C@@H](NC(=O)OCc1ccccc1)C(C)OC(=O)C(C)(C)C)C(=O)N[C@H](/C=C1\CCCC1=O)C[C@@H]1CCNC1=O. The Kier molecular flexibility index (Phi) is 13.5. The number of nitrogens with one attached hydrogen (secondary N) is 4. The number of Topliss-reactive ketones (excluding diaryl/α,β-unsaturated/α-hetero) is 1. The number of alkyl carbamates (subject to hydrolysis) is 1. The van der Waals surface area contributed by atoms with Crippen LogP contribution >= 0.6 is 0 Å². The van der Waals surface area contributed by atoms with Gasteiger partial charge in [0.25, 0.3) is 0 Å². The number of ketones is 1. The summed E-state index contributed by atoms with van der Waals surface area (Å²) in [4.78, 5) is 77.9. The molecule has 1 saturated heterocycles. The Morgan fingerprint density at radius 2 is 1.68 bits per heavy atom. The molecule has 1 aliphatic heterocycles. The third kappa shape index (κ3) is 11.8. The predicted molar refractivity (Wildman–Crippen MR) is 175 cm³/mol. The number of amides is 4. The van der Waals surface area contributed by atoms with E-state index in [1.54, 1.807) is 51.1 Å². The first-order valence-corrected chi connectivity index (χ1v) is 16.4. The van der Waals surface area contributed by atoms with E-state index in [4.69, 9.17) is 9.47 Å². The highest BCUT2D eigenvalue weighted by atomic mass is 16.6. The first-order chi connectivity index (χ1) is 22.1. The fourth-order valence-corrected chi connectivity index (χ4v) is 5.45. The van der Waals surface area contributed by atoms with Crippen LogP contribution in [0, 0.1) is 17.3 Å². The average molecular weight is 655 g/mol. The second-order valence-electron chi connectivity index (χ2n) is 13.8. The zero-order valence-electron chi connectivity index (χ0n) is 28.4. The molecule has 4 amide bonds. The van der Waals surface area contributed by atoms with Gasteiger partial charge in [0.1, 0.15) is 24.8 Å². The van der Waals surface area contributed by atoms with Gasteiger partial charge in [0, 0.05) is 24.9 Å². The van der Waals surface area contributed by atoms with E-state index in [2.05, 4.69) is 21.3 Å².